The van der Waals surface area contributed by atoms with Gasteiger partial charge in [0.1, 0.15) is 0 Å². The first-order valence-electron chi connectivity index (χ1n) is 4.81. The van der Waals surface area contributed by atoms with Crippen molar-refractivity contribution in [1.29, 1.82) is 0 Å². The van der Waals surface area contributed by atoms with Crippen LogP contribution in [0.4, 0.5) is 8.78 Å². The van der Waals surface area contributed by atoms with Crippen LogP contribution in [0.1, 0.15) is 31.9 Å². The number of halogens is 2. The van der Waals surface area contributed by atoms with Gasteiger partial charge in [-0.25, -0.2) is 0 Å². The second kappa shape index (κ2) is 3.89. The summed E-state index contributed by atoms with van der Waals surface area (Å²) in [4.78, 5) is 0. The molecule has 0 unspecified atom stereocenters. The lowest BCUT2D eigenvalue weighted by Crippen LogP contribution is -2.18. The van der Waals surface area contributed by atoms with Gasteiger partial charge in [-0.2, -0.15) is 8.78 Å². The summed E-state index contributed by atoms with van der Waals surface area (Å²) in [5, 5.41) is 0. The predicted octanol–water partition coefficient (Wildman–Crippen LogP) is 3.68. The average Bonchev–Trinajstić information content (AvgIpc) is 2.17. The molecular formula is C12H16F2O. The molecule has 0 saturated carbocycles. The Morgan fingerprint density at radius 1 is 1.07 bits per heavy atom. The van der Waals surface area contributed by atoms with Gasteiger partial charge < -0.3 is 4.74 Å². The van der Waals surface area contributed by atoms with E-state index in [9.17, 15) is 8.78 Å². The van der Waals surface area contributed by atoms with E-state index in [2.05, 4.69) is 4.74 Å². The summed E-state index contributed by atoms with van der Waals surface area (Å²) in [7, 11) is 1.00. The Bertz CT molecular complexity index is 340. The van der Waals surface area contributed by atoms with E-state index >= 15 is 0 Å². The van der Waals surface area contributed by atoms with E-state index in [0.29, 0.717) is 0 Å². The number of rotatable bonds is 2. The minimum atomic E-state index is -3.21. The van der Waals surface area contributed by atoms with Crippen molar-refractivity contribution in [2.24, 2.45) is 0 Å². The maximum absolute atomic E-state index is 13.2. The molecule has 0 atom stereocenters. The van der Waals surface area contributed by atoms with E-state index < -0.39 is 6.11 Å². The summed E-state index contributed by atoms with van der Waals surface area (Å²) >= 11 is 0. The number of hydrogen-bond acceptors (Lipinski definition) is 1. The molecule has 0 heterocycles. The highest BCUT2D eigenvalue weighted by atomic mass is 19.3. The molecule has 1 rings (SSSR count). The lowest BCUT2D eigenvalue weighted by molar-refractivity contribution is -0.231. The fourth-order valence-corrected chi connectivity index (χ4v) is 1.28. The van der Waals surface area contributed by atoms with Crippen molar-refractivity contribution in [2.45, 2.75) is 32.3 Å². The Morgan fingerprint density at radius 2 is 1.60 bits per heavy atom. The zero-order chi connectivity index (χ0) is 11.7. The summed E-state index contributed by atoms with van der Waals surface area (Å²) in [5.74, 6) is 0. The summed E-state index contributed by atoms with van der Waals surface area (Å²) in [6.07, 6.45) is -3.21. The molecule has 0 aliphatic heterocycles. The van der Waals surface area contributed by atoms with E-state index in [0.717, 1.165) is 12.7 Å². The SMILES string of the molecule is COC(F)(F)c1cccc(C(C)(C)C)c1. The van der Waals surface area contributed by atoms with E-state index in [4.69, 9.17) is 0 Å². The minimum absolute atomic E-state index is 0.0996. The molecule has 1 nitrogen and oxygen atoms in total. The molecule has 1 aromatic carbocycles. The molecule has 0 saturated heterocycles. The molecule has 0 aliphatic carbocycles. The number of alkyl halides is 2. The molecule has 1 aromatic rings. The summed E-state index contributed by atoms with van der Waals surface area (Å²) in [6, 6.07) is 6.33. The van der Waals surface area contributed by atoms with E-state index in [1.807, 2.05) is 26.8 Å². The van der Waals surface area contributed by atoms with Crippen molar-refractivity contribution < 1.29 is 13.5 Å². The first kappa shape index (κ1) is 12.1. The van der Waals surface area contributed by atoms with Crippen LogP contribution in [0.25, 0.3) is 0 Å². The van der Waals surface area contributed by atoms with Crippen LogP contribution in [0, 0.1) is 0 Å². The lowest BCUT2D eigenvalue weighted by atomic mass is 9.86. The molecule has 0 radical (unpaired) electrons. The Morgan fingerprint density at radius 3 is 2.07 bits per heavy atom. The number of benzene rings is 1. The molecule has 15 heavy (non-hydrogen) atoms. The molecule has 0 aliphatic rings. The zero-order valence-electron chi connectivity index (χ0n) is 9.47. The smallest absolute Gasteiger partial charge is 0.320 e. The Kier molecular flexibility index (Phi) is 3.14. The summed E-state index contributed by atoms with van der Waals surface area (Å²) in [6.45, 7) is 5.95. The van der Waals surface area contributed by atoms with Gasteiger partial charge in [0.05, 0.1) is 5.56 Å². The zero-order valence-corrected chi connectivity index (χ0v) is 9.47. The predicted molar refractivity (Wildman–Crippen MR) is 56.0 cm³/mol. The number of ether oxygens (including phenoxy) is 1. The fraction of sp³-hybridized carbons (Fsp3) is 0.500. The molecule has 0 fully saturated rings. The van der Waals surface area contributed by atoms with Gasteiger partial charge in [0.2, 0.25) is 0 Å². The van der Waals surface area contributed by atoms with Crippen LogP contribution in [0.5, 0.6) is 0 Å². The molecule has 0 spiro atoms. The van der Waals surface area contributed by atoms with E-state index in [1.54, 1.807) is 6.07 Å². The van der Waals surface area contributed by atoms with Crippen LogP contribution in [0.15, 0.2) is 24.3 Å². The highest BCUT2D eigenvalue weighted by Gasteiger charge is 2.31. The van der Waals surface area contributed by atoms with Crippen LogP contribution in [0.2, 0.25) is 0 Å². The van der Waals surface area contributed by atoms with Gasteiger partial charge in [0.15, 0.2) is 0 Å². The van der Waals surface area contributed by atoms with Gasteiger partial charge in [-0.3, -0.25) is 0 Å². The standard InChI is InChI=1S/C12H16F2O/c1-11(2,3)9-6-5-7-10(8-9)12(13,14)15-4/h5-8H,1-4H3. The topological polar surface area (TPSA) is 9.23 Å². The highest BCUT2D eigenvalue weighted by Crippen LogP contribution is 2.31. The molecular weight excluding hydrogens is 198 g/mol. The van der Waals surface area contributed by atoms with Crippen LogP contribution < -0.4 is 0 Å². The molecule has 0 amide bonds. The second-order valence-electron chi connectivity index (χ2n) is 4.55. The lowest BCUT2D eigenvalue weighted by Gasteiger charge is -2.21. The number of methoxy groups -OCH3 is 1. The molecule has 0 bridgehead atoms. The van der Waals surface area contributed by atoms with Crippen molar-refractivity contribution in [3.05, 3.63) is 35.4 Å². The van der Waals surface area contributed by atoms with Crippen molar-refractivity contribution in [1.82, 2.24) is 0 Å². The Balaban J connectivity index is 3.14. The normalized spacial score (nSPS) is 12.9. The molecule has 3 heteroatoms. The highest BCUT2D eigenvalue weighted by molar-refractivity contribution is 5.30. The molecule has 0 N–H and O–H groups in total. The monoisotopic (exact) mass is 214 g/mol. The first-order valence-corrected chi connectivity index (χ1v) is 4.81. The maximum Gasteiger partial charge on any atom is 0.383 e. The van der Waals surface area contributed by atoms with Gasteiger partial charge >= 0.3 is 6.11 Å². The maximum atomic E-state index is 13.2. The van der Waals surface area contributed by atoms with Crippen molar-refractivity contribution in [3.63, 3.8) is 0 Å². The van der Waals surface area contributed by atoms with Crippen LogP contribution >= 0.6 is 0 Å². The van der Waals surface area contributed by atoms with Crippen molar-refractivity contribution >= 4 is 0 Å². The quantitative estimate of drug-likeness (QED) is 0.729. The number of hydrogen-bond donors (Lipinski definition) is 0. The third-order valence-corrected chi connectivity index (χ3v) is 2.32. The summed E-state index contributed by atoms with van der Waals surface area (Å²) < 4.78 is 30.6. The molecule has 0 aromatic heterocycles. The third-order valence-electron chi connectivity index (χ3n) is 2.32. The fourth-order valence-electron chi connectivity index (χ4n) is 1.28. The largest absolute Gasteiger partial charge is 0.383 e. The van der Waals surface area contributed by atoms with Gasteiger partial charge in [0.25, 0.3) is 0 Å². The van der Waals surface area contributed by atoms with Crippen LogP contribution in [-0.2, 0) is 16.3 Å². The minimum Gasteiger partial charge on any atom is -0.320 e. The third kappa shape index (κ3) is 2.75. The van der Waals surface area contributed by atoms with Crippen molar-refractivity contribution in [3.8, 4) is 0 Å². The first-order chi connectivity index (χ1) is 6.77. The van der Waals surface area contributed by atoms with E-state index in [-0.39, 0.29) is 11.0 Å². The van der Waals surface area contributed by atoms with Crippen molar-refractivity contribution in [2.75, 3.05) is 7.11 Å². The van der Waals surface area contributed by atoms with Crippen LogP contribution in [-0.4, -0.2) is 7.11 Å². The van der Waals surface area contributed by atoms with Gasteiger partial charge in [0, 0.05) is 7.11 Å². The Labute approximate surface area is 89.1 Å². The van der Waals surface area contributed by atoms with Gasteiger partial charge in [-0.15, -0.1) is 0 Å². The second-order valence-corrected chi connectivity index (χ2v) is 4.55. The average molecular weight is 214 g/mol. The molecule has 84 valence electrons. The summed E-state index contributed by atoms with van der Waals surface area (Å²) in [5.41, 5.74) is 0.633. The van der Waals surface area contributed by atoms with Gasteiger partial charge in [-0.05, 0) is 17.0 Å². The van der Waals surface area contributed by atoms with Gasteiger partial charge in [-0.1, -0.05) is 39.0 Å². The van der Waals surface area contributed by atoms with Crippen LogP contribution in [0.3, 0.4) is 0 Å². The Hall–Kier alpha value is -0.960. The van der Waals surface area contributed by atoms with E-state index in [1.165, 1.54) is 12.1 Å².